The lowest BCUT2D eigenvalue weighted by molar-refractivity contribution is -0.384. The van der Waals surface area contributed by atoms with Gasteiger partial charge in [-0.3, -0.25) is 19.7 Å². The summed E-state index contributed by atoms with van der Waals surface area (Å²) in [6.45, 7) is 3.78. The molecule has 1 amide bonds. The van der Waals surface area contributed by atoms with Gasteiger partial charge in [-0.25, -0.2) is 0 Å². The quantitative estimate of drug-likeness (QED) is 0.432. The summed E-state index contributed by atoms with van der Waals surface area (Å²) >= 11 is 0. The Morgan fingerprint density at radius 3 is 2.36 bits per heavy atom. The van der Waals surface area contributed by atoms with E-state index in [0.717, 1.165) is 5.69 Å². The van der Waals surface area contributed by atoms with Crippen LogP contribution >= 0.6 is 0 Å². The van der Waals surface area contributed by atoms with E-state index in [1.807, 2.05) is 0 Å². The maximum absolute atomic E-state index is 12.4. The van der Waals surface area contributed by atoms with Crippen LogP contribution in [0.15, 0.2) is 48.5 Å². The molecule has 1 aliphatic heterocycles. The van der Waals surface area contributed by atoms with Crippen LogP contribution in [0.25, 0.3) is 0 Å². The minimum atomic E-state index is -0.424. The Labute approximate surface area is 162 Å². The third-order valence-corrected chi connectivity index (χ3v) is 4.66. The Kier molecular flexibility index (Phi) is 5.88. The summed E-state index contributed by atoms with van der Waals surface area (Å²) < 4.78 is 5.54. The van der Waals surface area contributed by atoms with Crippen molar-refractivity contribution in [3.8, 4) is 5.75 Å². The first-order valence-corrected chi connectivity index (χ1v) is 8.95. The minimum absolute atomic E-state index is 0.0563. The van der Waals surface area contributed by atoms with Gasteiger partial charge in [-0.2, -0.15) is 0 Å². The number of nitro benzene ring substituents is 1. The topological polar surface area (TPSA) is 93.0 Å². The molecular formula is C20H21N3O5. The molecule has 2 aromatic rings. The first-order chi connectivity index (χ1) is 13.4. The van der Waals surface area contributed by atoms with Gasteiger partial charge < -0.3 is 14.5 Å². The predicted molar refractivity (Wildman–Crippen MR) is 104 cm³/mol. The van der Waals surface area contributed by atoms with Crippen molar-refractivity contribution >= 4 is 23.1 Å². The van der Waals surface area contributed by atoms with E-state index < -0.39 is 4.92 Å². The lowest BCUT2D eigenvalue weighted by Gasteiger charge is -2.36. The molecular weight excluding hydrogens is 362 g/mol. The van der Waals surface area contributed by atoms with Crippen LogP contribution in [0.2, 0.25) is 0 Å². The normalized spacial score (nSPS) is 13.9. The molecule has 1 aliphatic rings. The highest BCUT2D eigenvalue weighted by Gasteiger charge is 2.22. The fraction of sp³-hybridized carbons (Fsp3) is 0.300. The number of piperazine rings is 1. The summed E-state index contributed by atoms with van der Waals surface area (Å²) in [7, 11) is 0. The van der Waals surface area contributed by atoms with Gasteiger partial charge in [0.1, 0.15) is 5.75 Å². The Morgan fingerprint density at radius 1 is 1.07 bits per heavy atom. The smallest absolute Gasteiger partial charge is 0.269 e. The number of ether oxygens (including phenoxy) is 1. The third-order valence-electron chi connectivity index (χ3n) is 4.66. The molecule has 28 heavy (non-hydrogen) atoms. The van der Waals surface area contributed by atoms with Crippen molar-refractivity contribution in [3.05, 3.63) is 64.2 Å². The third kappa shape index (κ3) is 4.64. The Bertz CT molecular complexity index is 874. The largest absolute Gasteiger partial charge is 0.484 e. The average Bonchev–Trinajstić information content (AvgIpc) is 2.72. The minimum Gasteiger partial charge on any atom is -0.484 e. The SMILES string of the molecule is CC(=O)c1cccc(OCC(=O)N2CCN(c3ccc([N+](=O)[O-])cc3)CC2)c1. The van der Waals surface area contributed by atoms with Crippen molar-refractivity contribution in [1.29, 1.82) is 0 Å². The molecule has 0 N–H and O–H groups in total. The van der Waals surface area contributed by atoms with Crippen LogP contribution in [0.5, 0.6) is 5.75 Å². The number of carbonyl (C=O) groups excluding carboxylic acids is 2. The van der Waals surface area contributed by atoms with E-state index in [1.165, 1.54) is 19.1 Å². The second-order valence-electron chi connectivity index (χ2n) is 6.51. The standard InChI is InChI=1S/C20H21N3O5/c1-15(24)16-3-2-4-19(13-16)28-14-20(25)22-11-9-21(10-12-22)17-5-7-18(8-6-17)23(26)27/h2-8,13H,9-12,14H2,1H3. The van der Waals surface area contributed by atoms with Crippen molar-refractivity contribution in [2.45, 2.75) is 6.92 Å². The molecule has 1 fully saturated rings. The van der Waals surface area contributed by atoms with E-state index >= 15 is 0 Å². The lowest BCUT2D eigenvalue weighted by atomic mass is 10.1. The van der Waals surface area contributed by atoms with Gasteiger partial charge in [-0.05, 0) is 31.2 Å². The van der Waals surface area contributed by atoms with E-state index in [4.69, 9.17) is 4.74 Å². The summed E-state index contributed by atoms with van der Waals surface area (Å²) in [5.74, 6) is 0.321. The van der Waals surface area contributed by atoms with Crippen molar-refractivity contribution in [2.75, 3.05) is 37.7 Å². The van der Waals surface area contributed by atoms with Gasteiger partial charge in [0, 0.05) is 49.6 Å². The maximum Gasteiger partial charge on any atom is 0.269 e. The molecule has 0 atom stereocenters. The summed E-state index contributed by atoms with van der Waals surface area (Å²) in [6, 6.07) is 13.2. The van der Waals surface area contributed by atoms with E-state index in [9.17, 15) is 19.7 Å². The van der Waals surface area contributed by atoms with Crippen LogP contribution in [-0.2, 0) is 4.79 Å². The number of ketones is 1. The van der Waals surface area contributed by atoms with Gasteiger partial charge in [0.15, 0.2) is 12.4 Å². The molecule has 0 aromatic heterocycles. The number of carbonyl (C=O) groups is 2. The van der Waals surface area contributed by atoms with Crippen LogP contribution in [0.1, 0.15) is 17.3 Å². The van der Waals surface area contributed by atoms with Crippen molar-refractivity contribution in [2.24, 2.45) is 0 Å². The number of nitro groups is 1. The summed E-state index contributed by atoms with van der Waals surface area (Å²) in [4.78, 5) is 37.9. The number of non-ortho nitro benzene ring substituents is 1. The van der Waals surface area contributed by atoms with E-state index in [-0.39, 0.29) is 24.0 Å². The average molecular weight is 383 g/mol. The molecule has 0 saturated carbocycles. The zero-order chi connectivity index (χ0) is 20.1. The molecule has 0 aliphatic carbocycles. The lowest BCUT2D eigenvalue weighted by Crippen LogP contribution is -2.50. The first-order valence-electron chi connectivity index (χ1n) is 8.95. The number of hydrogen-bond acceptors (Lipinski definition) is 6. The Morgan fingerprint density at radius 2 is 1.75 bits per heavy atom. The molecule has 8 nitrogen and oxygen atoms in total. The van der Waals surface area contributed by atoms with E-state index in [1.54, 1.807) is 41.3 Å². The molecule has 0 spiro atoms. The van der Waals surface area contributed by atoms with Crippen molar-refractivity contribution < 1.29 is 19.2 Å². The summed E-state index contributed by atoms with van der Waals surface area (Å²) in [6.07, 6.45) is 0. The van der Waals surface area contributed by atoms with Gasteiger partial charge in [0.2, 0.25) is 0 Å². The van der Waals surface area contributed by atoms with Crippen molar-refractivity contribution in [1.82, 2.24) is 4.90 Å². The van der Waals surface area contributed by atoms with Gasteiger partial charge in [0.25, 0.3) is 11.6 Å². The van der Waals surface area contributed by atoms with Gasteiger partial charge >= 0.3 is 0 Å². The molecule has 146 valence electrons. The van der Waals surface area contributed by atoms with Gasteiger partial charge in [-0.15, -0.1) is 0 Å². The number of amides is 1. The fourth-order valence-corrected chi connectivity index (χ4v) is 3.04. The molecule has 8 heteroatoms. The second-order valence-corrected chi connectivity index (χ2v) is 6.51. The van der Waals surface area contributed by atoms with E-state index in [0.29, 0.717) is 37.5 Å². The highest BCUT2D eigenvalue weighted by atomic mass is 16.6. The molecule has 3 rings (SSSR count). The zero-order valence-corrected chi connectivity index (χ0v) is 15.5. The first kappa shape index (κ1) is 19.3. The summed E-state index contributed by atoms with van der Waals surface area (Å²) in [5.41, 5.74) is 1.50. The molecule has 0 unspecified atom stereocenters. The Hall–Kier alpha value is -3.42. The highest BCUT2D eigenvalue weighted by molar-refractivity contribution is 5.94. The number of anilines is 1. The monoisotopic (exact) mass is 383 g/mol. The van der Waals surface area contributed by atoms with Crippen LogP contribution < -0.4 is 9.64 Å². The van der Waals surface area contributed by atoms with Gasteiger partial charge in [-0.1, -0.05) is 12.1 Å². The van der Waals surface area contributed by atoms with Crippen LogP contribution in [-0.4, -0.2) is 54.3 Å². The molecule has 2 aromatic carbocycles. The molecule has 0 bridgehead atoms. The van der Waals surface area contributed by atoms with Crippen LogP contribution in [0.4, 0.5) is 11.4 Å². The molecule has 0 radical (unpaired) electrons. The van der Waals surface area contributed by atoms with Crippen LogP contribution in [0, 0.1) is 10.1 Å². The number of nitrogens with zero attached hydrogens (tertiary/aromatic N) is 3. The predicted octanol–water partition coefficient (Wildman–Crippen LogP) is 2.53. The number of benzene rings is 2. The van der Waals surface area contributed by atoms with Crippen LogP contribution in [0.3, 0.4) is 0 Å². The van der Waals surface area contributed by atoms with Crippen molar-refractivity contribution in [3.63, 3.8) is 0 Å². The fourth-order valence-electron chi connectivity index (χ4n) is 3.04. The molecule has 1 heterocycles. The maximum atomic E-state index is 12.4. The highest BCUT2D eigenvalue weighted by Crippen LogP contribution is 2.21. The summed E-state index contributed by atoms with van der Waals surface area (Å²) in [5, 5.41) is 10.7. The Balaban J connectivity index is 1.50. The number of Topliss-reactive ketones (excluding diaryl/α,β-unsaturated/α-hetero) is 1. The zero-order valence-electron chi connectivity index (χ0n) is 15.5. The number of hydrogen-bond donors (Lipinski definition) is 0. The second kappa shape index (κ2) is 8.51. The van der Waals surface area contributed by atoms with E-state index in [2.05, 4.69) is 4.90 Å². The van der Waals surface area contributed by atoms with Gasteiger partial charge in [0.05, 0.1) is 4.92 Å². The number of rotatable bonds is 6. The molecule has 1 saturated heterocycles.